The van der Waals surface area contributed by atoms with Crippen LogP contribution in [-0.4, -0.2) is 35.6 Å². The van der Waals surface area contributed by atoms with Gasteiger partial charge in [0.1, 0.15) is 0 Å². The van der Waals surface area contributed by atoms with Crippen LogP contribution in [0, 0.1) is 0 Å². The van der Waals surface area contributed by atoms with Crippen LogP contribution in [-0.2, 0) is 4.79 Å². The van der Waals surface area contributed by atoms with Crippen molar-refractivity contribution in [1.29, 1.82) is 0 Å². The van der Waals surface area contributed by atoms with Gasteiger partial charge in [-0.05, 0) is 6.07 Å². The van der Waals surface area contributed by atoms with Crippen LogP contribution in [0.5, 0.6) is 0 Å². The van der Waals surface area contributed by atoms with Crippen molar-refractivity contribution >= 4 is 22.6 Å². The number of amides is 2. The molecule has 1 aromatic heterocycles. The Kier molecular flexibility index (Phi) is 4.45. The van der Waals surface area contributed by atoms with Crippen molar-refractivity contribution in [3.63, 3.8) is 0 Å². The van der Waals surface area contributed by atoms with Gasteiger partial charge in [-0.3, -0.25) is 14.4 Å². The molecule has 21 heavy (non-hydrogen) atoms. The first-order valence-corrected chi connectivity index (χ1v) is 6.27. The number of carbonyl (C=O) groups is 2. The number of aromatic amines is 1. The quantitative estimate of drug-likeness (QED) is 0.686. The maximum Gasteiger partial charge on any atom is 0.272 e. The van der Waals surface area contributed by atoms with Crippen molar-refractivity contribution in [2.24, 2.45) is 0 Å². The summed E-state index contributed by atoms with van der Waals surface area (Å²) >= 11 is 0. The monoisotopic (exact) mass is 286 g/mol. The Morgan fingerprint density at radius 1 is 1.29 bits per heavy atom. The summed E-state index contributed by atoms with van der Waals surface area (Å²) in [7, 11) is 1.52. The van der Waals surface area contributed by atoms with Gasteiger partial charge in [0.05, 0.1) is 5.39 Å². The number of hydrogen-bond donors (Lipinski definition) is 3. The highest BCUT2D eigenvalue weighted by atomic mass is 16.2. The third-order valence-electron chi connectivity index (χ3n) is 2.81. The van der Waals surface area contributed by atoms with Crippen molar-refractivity contribution in [3.05, 3.63) is 52.5 Å². The van der Waals surface area contributed by atoms with Crippen LogP contribution in [0.3, 0.4) is 0 Å². The second-order valence-corrected chi connectivity index (χ2v) is 4.17. The summed E-state index contributed by atoms with van der Waals surface area (Å²) in [5.41, 5.74) is -0.208. The van der Waals surface area contributed by atoms with Gasteiger partial charge in [0.15, 0.2) is 5.69 Å². The molecule has 7 nitrogen and oxygen atoms in total. The SMILES string of the molecule is CNC(=O)/C=C/CNC(=O)c1n[nH]c(=O)c2ccccc12. The van der Waals surface area contributed by atoms with Crippen molar-refractivity contribution in [3.8, 4) is 0 Å². The van der Waals surface area contributed by atoms with Crippen molar-refractivity contribution < 1.29 is 9.59 Å². The fourth-order valence-electron chi connectivity index (χ4n) is 1.77. The van der Waals surface area contributed by atoms with Crippen LogP contribution in [0.2, 0.25) is 0 Å². The minimum atomic E-state index is -0.427. The molecule has 0 aliphatic heterocycles. The lowest BCUT2D eigenvalue weighted by molar-refractivity contribution is -0.116. The fourth-order valence-corrected chi connectivity index (χ4v) is 1.77. The average molecular weight is 286 g/mol. The molecule has 1 aromatic carbocycles. The lowest BCUT2D eigenvalue weighted by Gasteiger charge is -2.04. The van der Waals surface area contributed by atoms with E-state index in [9.17, 15) is 14.4 Å². The Labute approximate surface area is 120 Å². The largest absolute Gasteiger partial charge is 0.356 e. The summed E-state index contributed by atoms with van der Waals surface area (Å²) in [6, 6.07) is 6.72. The molecular formula is C14H14N4O3. The smallest absolute Gasteiger partial charge is 0.272 e. The second kappa shape index (κ2) is 6.47. The maximum atomic E-state index is 12.1. The van der Waals surface area contributed by atoms with Gasteiger partial charge in [-0.25, -0.2) is 5.10 Å². The molecule has 0 saturated carbocycles. The summed E-state index contributed by atoms with van der Waals surface area (Å²) in [5, 5.41) is 12.0. The normalized spacial score (nSPS) is 10.7. The molecule has 2 aromatic rings. The van der Waals surface area contributed by atoms with Crippen LogP contribution in [0.4, 0.5) is 0 Å². The molecule has 2 amide bonds. The van der Waals surface area contributed by atoms with Crippen LogP contribution in [0.1, 0.15) is 10.5 Å². The second-order valence-electron chi connectivity index (χ2n) is 4.17. The Hall–Kier alpha value is -2.96. The zero-order valence-corrected chi connectivity index (χ0v) is 11.3. The van der Waals surface area contributed by atoms with E-state index in [1.54, 1.807) is 24.3 Å². The molecule has 0 saturated heterocycles. The number of likely N-dealkylation sites (N-methyl/N-ethyl adjacent to an activating group) is 1. The minimum Gasteiger partial charge on any atom is -0.356 e. The lowest BCUT2D eigenvalue weighted by Crippen LogP contribution is -2.27. The first kappa shape index (κ1) is 14.4. The molecule has 0 aliphatic rings. The van der Waals surface area contributed by atoms with E-state index in [1.807, 2.05) is 0 Å². The molecule has 7 heteroatoms. The zero-order valence-electron chi connectivity index (χ0n) is 11.3. The number of nitrogens with one attached hydrogen (secondary N) is 3. The van der Waals surface area contributed by atoms with Crippen molar-refractivity contribution in [1.82, 2.24) is 20.8 Å². The number of fused-ring (bicyclic) bond motifs is 1. The van der Waals surface area contributed by atoms with E-state index >= 15 is 0 Å². The van der Waals surface area contributed by atoms with Gasteiger partial charge in [0, 0.05) is 25.1 Å². The van der Waals surface area contributed by atoms with Crippen molar-refractivity contribution in [2.75, 3.05) is 13.6 Å². The third-order valence-corrected chi connectivity index (χ3v) is 2.81. The van der Waals surface area contributed by atoms with Gasteiger partial charge in [-0.1, -0.05) is 24.3 Å². The third kappa shape index (κ3) is 3.33. The molecule has 2 rings (SSSR count). The summed E-state index contributed by atoms with van der Waals surface area (Å²) < 4.78 is 0. The average Bonchev–Trinajstić information content (AvgIpc) is 2.51. The van der Waals surface area contributed by atoms with Crippen LogP contribution >= 0.6 is 0 Å². The van der Waals surface area contributed by atoms with Crippen molar-refractivity contribution in [2.45, 2.75) is 0 Å². The van der Waals surface area contributed by atoms with Gasteiger partial charge >= 0.3 is 0 Å². The number of carbonyl (C=O) groups excluding carboxylic acids is 2. The molecule has 0 bridgehead atoms. The molecule has 0 radical (unpaired) electrons. The van der Waals surface area contributed by atoms with Gasteiger partial charge < -0.3 is 10.6 Å². The molecule has 1 heterocycles. The molecule has 0 spiro atoms. The van der Waals surface area contributed by atoms with E-state index in [0.29, 0.717) is 10.8 Å². The Morgan fingerprint density at radius 3 is 2.71 bits per heavy atom. The first-order valence-electron chi connectivity index (χ1n) is 6.27. The van der Waals surface area contributed by atoms with Gasteiger partial charge in [-0.15, -0.1) is 0 Å². The summed E-state index contributed by atoms with van der Waals surface area (Å²) in [6.45, 7) is 0.182. The fraction of sp³-hybridized carbons (Fsp3) is 0.143. The predicted octanol–water partition coefficient (Wildman–Crippen LogP) is -0.0449. The van der Waals surface area contributed by atoms with E-state index in [2.05, 4.69) is 20.8 Å². The maximum absolute atomic E-state index is 12.1. The first-order chi connectivity index (χ1) is 10.1. The van der Waals surface area contributed by atoms with E-state index in [-0.39, 0.29) is 23.7 Å². The predicted molar refractivity (Wildman–Crippen MR) is 77.9 cm³/mol. The standard InChI is InChI=1S/C14H14N4O3/c1-15-11(19)7-4-8-16-14(21)12-9-5-2-3-6-10(9)13(20)18-17-12/h2-7H,8H2,1H3,(H,15,19)(H,16,21)(H,18,20)/b7-4+. The Balaban J connectivity index is 2.17. The van der Waals surface area contributed by atoms with Crippen LogP contribution < -0.4 is 16.2 Å². The highest BCUT2D eigenvalue weighted by Crippen LogP contribution is 2.11. The summed E-state index contributed by atoms with van der Waals surface area (Å²) in [4.78, 5) is 34.6. The Bertz CT molecular complexity index is 764. The zero-order chi connectivity index (χ0) is 15.2. The molecule has 0 atom stereocenters. The van der Waals surface area contributed by atoms with E-state index in [0.717, 1.165) is 0 Å². The lowest BCUT2D eigenvalue weighted by atomic mass is 10.1. The number of benzene rings is 1. The number of rotatable bonds is 4. The molecule has 0 fully saturated rings. The van der Waals surface area contributed by atoms with Gasteiger partial charge in [0.2, 0.25) is 5.91 Å². The summed E-state index contributed by atoms with van der Waals surface area (Å²) in [5.74, 6) is -0.680. The molecule has 3 N–H and O–H groups in total. The summed E-state index contributed by atoms with van der Waals surface area (Å²) in [6.07, 6.45) is 2.84. The van der Waals surface area contributed by atoms with Crippen LogP contribution in [0.25, 0.3) is 10.8 Å². The van der Waals surface area contributed by atoms with E-state index in [4.69, 9.17) is 0 Å². The number of H-pyrrole nitrogens is 1. The molecule has 0 unspecified atom stereocenters. The highest BCUT2D eigenvalue weighted by Gasteiger charge is 2.12. The Morgan fingerprint density at radius 2 is 2.00 bits per heavy atom. The van der Waals surface area contributed by atoms with E-state index in [1.165, 1.54) is 19.2 Å². The molecule has 0 aliphatic carbocycles. The topological polar surface area (TPSA) is 104 Å². The van der Waals surface area contributed by atoms with E-state index < -0.39 is 5.91 Å². The minimum absolute atomic E-state index is 0.138. The number of nitrogens with zero attached hydrogens (tertiary/aromatic N) is 1. The van der Waals surface area contributed by atoms with Gasteiger partial charge in [-0.2, -0.15) is 5.10 Å². The molecular weight excluding hydrogens is 272 g/mol. The molecule has 108 valence electrons. The number of aromatic nitrogens is 2. The van der Waals surface area contributed by atoms with Gasteiger partial charge in [0.25, 0.3) is 11.5 Å². The number of hydrogen-bond acceptors (Lipinski definition) is 4. The van der Waals surface area contributed by atoms with Crippen LogP contribution in [0.15, 0.2) is 41.2 Å². The highest BCUT2D eigenvalue weighted by molar-refractivity contribution is 6.04.